The monoisotopic (exact) mass is 177 g/mol. The molecule has 0 bridgehead atoms. The first-order chi connectivity index (χ1) is 6.18. The minimum absolute atomic E-state index is 0.0424. The van der Waals surface area contributed by atoms with Gasteiger partial charge in [-0.05, 0) is 38.0 Å². The van der Waals surface area contributed by atoms with Gasteiger partial charge < -0.3 is 4.74 Å². The minimum Gasteiger partial charge on any atom is -0.357 e. The lowest BCUT2D eigenvalue weighted by Crippen LogP contribution is -2.26. The maximum absolute atomic E-state index is 8.76. The van der Waals surface area contributed by atoms with E-state index in [2.05, 4.69) is 19.6 Å². The van der Waals surface area contributed by atoms with Crippen LogP contribution in [-0.2, 0) is 4.74 Å². The lowest BCUT2D eigenvalue weighted by atomic mass is 9.92. The summed E-state index contributed by atoms with van der Waals surface area (Å²) in [5.74, 6) is 1.16. The molecule has 1 aliphatic carbocycles. The van der Waals surface area contributed by atoms with Gasteiger partial charge in [-0.25, -0.2) is 0 Å². The summed E-state index contributed by atoms with van der Waals surface area (Å²) in [5, 5.41) is 8.76. The van der Waals surface area contributed by atoms with Crippen LogP contribution in [0.25, 0.3) is 0 Å². The van der Waals surface area contributed by atoms with Gasteiger partial charge in [0.2, 0.25) is 0 Å². The Balaban J connectivity index is 2.11. The normalized spacial score (nSPS) is 48.5. The largest absolute Gasteiger partial charge is 0.357 e. The minimum atomic E-state index is -0.166. The summed E-state index contributed by atoms with van der Waals surface area (Å²) in [6.07, 6.45) is 4.96. The predicted molar refractivity (Wildman–Crippen MR) is 49.9 cm³/mol. The van der Waals surface area contributed by atoms with Gasteiger partial charge >= 0.3 is 0 Å². The van der Waals surface area contributed by atoms with Crippen LogP contribution in [0.4, 0.5) is 0 Å². The molecule has 1 unspecified atom stereocenters. The number of rotatable bonds is 1. The van der Waals surface area contributed by atoms with Crippen LogP contribution in [0.2, 0.25) is 0 Å². The summed E-state index contributed by atoms with van der Waals surface area (Å²) in [7, 11) is 0. The first-order valence-corrected chi connectivity index (χ1v) is 4.88. The highest BCUT2D eigenvalue weighted by atomic mass is 16.5. The standard InChI is InChI=1S/C11H15NO/c1-3-8-4-9-5-10(7-12)13-11(9,2)6-8/h3,8-10H,1,4-6H2,2H3/t8?,9-,10+,11-/m0/s1. The van der Waals surface area contributed by atoms with E-state index in [1.54, 1.807) is 0 Å². The summed E-state index contributed by atoms with van der Waals surface area (Å²) >= 11 is 0. The highest BCUT2D eigenvalue weighted by molar-refractivity contribution is 5.07. The van der Waals surface area contributed by atoms with Crippen molar-refractivity contribution in [3.05, 3.63) is 12.7 Å². The van der Waals surface area contributed by atoms with Gasteiger partial charge in [-0.2, -0.15) is 5.26 Å². The van der Waals surface area contributed by atoms with Gasteiger partial charge in [0.15, 0.2) is 0 Å². The zero-order valence-corrected chi connectivity index (χ0v) is 7.99. The van der Waals surface area contributed by atoms with Crippen LogP contribution in [-0.4, -0.2) is 11.7 Å². The van der Waals surface area contributed by atoms with E-state index in [1.807, 2.05) is 6.08 Å². The van der Waals surface area contributed by atoms with Crippen LogP contribution in [0.1, 0.15) is 26.2 Å². The molecule has 13 heavy (non-hydrogen) atoms. The van der Waals surface area contributed by atoms with Crippen LogP contribution in [0.15, 0.2) is 12.7 Å². The Bertz CT molecular complexity index is 268. The van der Waals surface area contributed by atoms with Crippen molar-refractivity contribution in [3.8, 4) is 6.07 Å². The molecule has 1 saturated carbocycles. The van der Waals surface area contributed by atoms with Crippen LogP contribution in [0, 0.1) is 23.2 Å². The molecule has 2 rings (SSSR count). The van der Waals surface area contributed by atoms with Crippen molar-refractivity contribution in [2.45, 2.75) is 37.9 Å². The second-order valence-electron chi connectivity index (χ2n) is 4.42. The van der Waals surface area contributed by atoms with Crippen molar-refractivity contribution in [2.24, 2.45) is 11.8 Å². The lowest BCUT2D eigenvalue weighted by molar-refractivity contribution is -0.0176. The molecular formula is C11H15NO. The summed E-state index contributed by atoms with van der Waals surface area (Å²) < 4.78 is 5.75. The Morgan fingerprint density at radius 1 is 1.62 bits per heavy atom. The van der Waals surface area contributed by atoms with E-state index < -0.39 is 0 Å². The van der Waals surface area contributed by atoms with Gasteiger partial charge in [-0.3, -0.25) is 0 Å². The van der Waals surface area contributed by atoms with Crippen molar-refractivity contribution in [2.75, 3.05) is 0 Å². The zero-order valence-electron chi connectivity index (χ0n) is 7.99. The molecule has 2 heteroatoms. The van der Waals surface area contributed by atoms with Crippen LogP contribution >= 0.6 is 0 Å². The number of nitriles is 1. The molecule has 0 aromatic rings. The highest BCUT2D eigenvalue weighted by Crippen LogP contribution is 2.50. The van der Waals surface area contributed by atoms with Gasteiger partial charge in [0.05, 0.1) is 11.7 Å². The topological polar surface area (TPSA) is 33.0 Å². The van der Waals surface area contributed by atoms with Crippen LogP contribution in [0.3, 0.4) is 0 Å². The Morgan fingerprint density at radius 2 is 2.38 bits per heavy atom. The molecule has 1 saturated heterocycles. The van der Waals surface area contributed by atoms with Gasteiger partial charge in [-0.15, -0.1) is 6.58 Å². The molecule has 2 nitrogen and oxygen atoms in total. The molecule has 0 aromatic carbocycles. The van der Waals surface area contributed by atoms with Gasteiger partial charge in [0, 0.05) is 0 Å². The highest BCUT2D eigenvalue weighted by Gasteiger charge is 2.50. The quantitative estimate of drug-likeness (QED) is 0.575. The van der Waals surface area contributed by atoms with Crippen molar-refractivity contribution in [1.29, 1.82) is 5.26 Å². The molecule has 1 heterocycles. The summed E-state index contributed by atoms with van der Waals surface area (Å²) in [5.41, 5.74) is -0.0424. The average Bonchev–Trinajstić information content (AvgIpc) is 2.55. The van der Waals surface area contributed by atoms with E-state index in [4.69, 9.17) is 10.00 Å². The van der Waals surface area contributed by atoms with Crippen LogP contribution < -0.4 is 0 Å². The predicted octanol–water partition coefficient (Wildman–Crippen LogP) is 2.27. The van der Waals surface area contributed by atoms with Crippen molar-refractivity contribution >= 4 is 0 Å². The van der Waals surface area contributed by atoms with E-state index in [0.29, 0.717) is 11.8 Å². The molecule has 0 spiro atoms. The Kier molecular flexibility index (Phi) is 1.92. The van der Waals surface area contributed by atoms with Gasteiger partial charge in [0.1, 0.15) is 6.10 Å². The van der Waals surface area contributed by atoms with Gasteiger partial charge in [-0.1, -0.05) is 6.08 Å². The Morgan fingerprint density at radius 3 is 2.92 bits per heavy atom. The maximum atomic E-state index is 8.76. The number of hydrogen-bond acceptors (Lipinski definition) is 2. The molecular weight excluding hydrogens is 162 g/mol. The third-order valence-corrected chi connectivity index (χ3v) is 3.51. The maximum Gasteiger partial charge on any atom is 0.145 e. The number of fused-ring (bicyclic) bond motifs is 1. The summed E-state index contributed by atoms with van der Waals surface area (Å²) in [6, 6.07) is 2.20. The number of ether oxygens (including phenoxy) is 1. The summed E-state index contributed by atoms with van der Waals surface area (Å²) in [6.45, 7) is 5.96. The second-order valence-corrected chi connectivity index (χ2v) is 4.42. The molecule has 70 valence electrons. The molecule has 0 amide bonds. The molecule has 0 aromatic heterocycles. The van der Waals surface area contributed by atoms with Crippen molar-refractivity contribution < 1.29 is 4.74 Å². The lowest BCUT2D eigenvalue weighted by Gasteiger charge is -2.22. The Labute approximate surface area is 79.2 Å². The van der Waals surface area contributed by atoms with E-state index in [1.165, 1.54) is 0 Å². The first kappa shape index (κ1) is 8.77. The van der Waals surface area contributed by atoms with Crippen molar-refractivity contribution in [3.63, 3.8) is 0 Å². The first-order valence-electron chi connectivity index (χ1n) is 4.88. The van der Waals surface area contributed by atoms with E-state index in [-0.39, 0.29) is 11.7 Å². The van der Waals surface area contributed by atoms with E-state index in [0.717, 1.165) is 19.3 Å². The SMILES string of the molecule is C=CC1C[C@H]2C[C@H](C#N)O[C@@]2(C)C1. The summed E-state index contributed by atoms with van der Waals surface area (Å²) in [4.78, 5) is 0. The zero-order chi connectivity index (χ0) is 9.47. The average molecular weight is 177 g/mol. The smallest absolute Gasteiger partial charge is 0.145 e. The fourth-order valence-corrected chi connectivity index (χ4v) is 2.77. The molecule has 0 radical (unpaired) electrons. The molecule has 2 fully saturated rings. The van der Waals surface area contributed by atoms with Crippen molar-refractivity contribution in [1.82, 2.24) is 0 Å². The number of allylic oxidation sites excluding steroid dienone is 1. The van der Waals surface area contributed by atoms with E-state index >= 15 is 0 Å². The van der Waals surface area contributed by atoms with Crippen LogP contribution in [0.5, 0.6) is 0 Å². The second kappa shape index (κ2) is 2.85. The third-order valence-electron chi connectivity index (χ3n) is 3.51. The fourth-order valence-electron chi connectivity index (χ4n) is 2.77. The van der Waals surface area contributed by atoms with Gasteiger partial charge in [0.25, 0.3) is 0 Å². The molecule has 2 aliphatic rings. The number of nitrogens with zero attached hydrogens (tertiary/aromatic N) is 1. The molecule has 4 atom stereocenters. The molecule has 1 aliphatic heterocycles. The Hall–Kier alpha value is -0.810. The third kappa shape index (κ3) is 1.28. The number of hydrogen-bond donors (Lipinski definition) is 0. The molecule has 0 N–H and O–H groups in total. The fraction of sp³-hybridized carbons (Fsp3) is 0.727. The van der Waals surface area contributed by atoms with E-state index in [9.17, 15) is 0 Å².